The van der Waals surface area contributed by atoms with Crippen LogP contribution in [0.1, 0.15) is 0 Å². The number of morpholine rings is 1. The zero-order chi connectivity index (χ0) is 13.1. The van der Waals surface area contributed by atoms with Gasteiger partial charge >= 0.3 is 0 Å². The van der Waals surface area contributed by atoms with Crippen molar-refractivity contribution in [3.8, 4) is 0 Å². The zero-order valence-corrected chi connectivity index (χ0v) is 10.9. The van der Waals surface area contributed by atoms with Crippen LogP contribution in [0.15, 0.2) is 30.6 Å². The van der Waals surface area contributed by atoms with Crippen molar-refractivity contribution in [3.05, 3.63) is 30.6 Å². The highest BCUT2D eigenvalue weighted by atomic mass is 16.5. The third-order valence-corrected chi connectivity index (χ3v) is 3.51. The Morgan fingerprint density at radius 3 is 2.84 bits per heavy atom. The zero-order valence-electron chi connectivity index (χ0n) is 10.9. The van der Waals surface area contributed by atoms with Crippen molar-refractivity contribution in [2.24, 2.45) is 0 Å². The molecule has 1 aliphatic heterocycles. The summed E-state index contributed by atoms with van der Waals surface area (Å²) >= 11 is 0. The Morgan fingerprint density at radius 2 is 2.00 bits per heavy atom. The first-order chi connectivity index (χ1) is 9.33. The molecular weight excluding hydrogens is 242 g/mol. The van der Waals surface area contributed by atoms with Crippen molar-refractivity contribution in [3.63, 3.8) is 0 Å². The molecule has 0 amide bonds. The summed E-state index contributed by atoms with van der Waals surface area (Å²) in [7, 11) is 0. The van der Waals surface area contributed by atoms with Crippen LogP contribution in [0.25, 0.3) is 11.0 Å². The maximum absolute atomic E-state index is 10.2. The minimum absolute atomic E-state index is 0.379. The summed E-state index contributed by atoms with van der Waals surface area (Å²) in [6, 6.07) is 7.99. The van der Waals surface area contributed by atoms with Crippen LogP contribution < -0.4 is 0 Å². The molecule has 1 atom stereocenters. The molecule has 0 unspecified atom stereocenters. The molecule has 102 valence electrons. The summed E-state index contributed by atoms with van der Waals surface area (Å²) in [4.78, 5) is 6.58. The first-order valence-corrected chi connectivity index (χ1v) is 6.71. The predicted molar refractivity (Wildman–Crippen MR) is 73.0 cm³/mol. The number of ether oxygens (including phenoxy) is 1. The second-order valence-electron chi connectivity index (χ2n) is 4.95. The van der Waals surface area contributed by atoms with Gasteiger partial charge in [0.05, 0.1) is 43.2 Å². The number of imidazole rings is 1. The lowest BCUT2D eigenvalue weighted by atomic mass is 10.2. The SMILES string of the molecule is O[C@@H](CN1CCOCC1)Cn1cnc2ccccc21. The third kappa shape index (κ3) is 2.94. The number of aromatic nitrogens is 2. The number of β-amino-alcohol motifs (C(OH)–C–C–N with tert-alkyl or cyclic N) is 1. The normalized spacial score (nSPS) is 18.8. The van der Waals surface area contributed by atoms with Crippen LogP contribution in [0.5, 0.6) is 0 Å². The van der Waals surface area contributed by atoms with E-state index in [2.05, 4.69) is 9.88 Å². The van der Waals surface area contributed by atoms with E-state index in [4.69, 9.17) is 4.74 Å². The van der Waals surface area contributed by atoms with Gasteiger partial charge in [0.25, 0.3) is 0 Å². The molecule has 1 aliphatic rings. The lowest BCUT2D eigenvalue weighted by Gasteiger charge is -2.28. The van der Waals surface area contributed by atoms with Gasteiger partial charge in [-0.05, 0) is 12.1 Å². The summed E-state index contributed by atoms with van der Waals surface area (Å²) in [5.41, 5.74) is 2.05. The Labute approximate surface area is 112 Å². The topological polar surface area (TPSA) is 50.5 Å². The molecule has 2 aromatic rings. The van der Waals surface area contributed by atoms with E-state index < -0.39 is 0 Å². The molecule has 5 heteroatoms. The molecule has 2 heterocycles. The third-order valence-electron chi connectivity index (χ3n) is 3.51. The van der Waals surface area contributed by atoms with Crippen molar-refractivity contribution in [2.75, 3.05) is 32.8 Å². The molecule has 3 rings (SSSR count). The largest absolute Gasteiger partial charge is 0.390 e. The molecule has 1 saturated heterocycles. The van der Waals surface area contributed by atoms with E-state index in [-0.39, 0.29) is 6.10 Å². The van der Waals surface area contributed by atoms with Gasteiger partial charge in [0.15, 0.2) is 0 Å². The summed E-state index contributed by atoms with van der Waals surface area (Å²) in [5, 5.41) is 10.2. The van der Waals surface area contributed by atoms with Crippen LogP contribution >= 0.6 is 0 Å². The molecule has 1 aromatic heterocycles. The Morgan fingerprint density at radius 1 is 1.21 bits per heavy atom. The Hall–Kier alpha value is -1.43. The fourth-order valence-corrected chi connectivity index (χ4v) is 2.52. The van der Waals surface area contributed by atoms with Crippen LogP contribution in [0.3, 0.4) is 0 Å². The second kappa shape index (κ2) is 5.69. The Balaban J connectivity index is 1.63. The molecule has 5 nitrogen and oxygen atoms in total. The smallest absolute Gasteiger partial charge is 0.0959 e. The molecule has 0 bridgehead atoms. The summed E-state index contributed by atoms with van der Waals surface area (Å²) < 4.78 is 7.32. The van der Waals surface area contributed by atoms with Gasteiger partial charge in [-0.1, -0.05) is 12.1 Å². The van der Waals surface area contributed by atoms with Crippen LogP contribution in [0.2, 0.25) is 0 Å². The minimum Gasteiger partial charge on any atom is -0.390 e. The molecule has 19 heavy (non-hydrogen) atoms. The average molecular weight is 261 g/mol. The van der Waals surface area contributed by atoms with E-state index in [1.54, 1.807) is 6.33 Å². The number of aliphatic hydroxyl groups excluding tert-OH is 1. The first-order valence-electron chi connectivity index (χ1n) is 6.71. The molecule has 0 radical (unpaired) electrons. The van der Waals surface area contributed by atoms with Gasteiger partial charge in [0.1, 0.15) is 0 Å². The number of rotatable bonds is 4. The molecule has 1 N–H and O–H groups in total. The lowest BCUT2D eigenvalue weighted by molar-refractivity contribution is 0.0117. The molecule has 0 aliphatic carbocycles. The monoisotopic (exact) mass is 261 g/mol. The Bertz CT molecular complexity index is 534. The number of aliphatic hydroxyl groups is 1. The van der Waals surface area contributed by atoms with Crippen LogP contribution in [-0.4, -0.2) is 58.5 Å². The van der Waals surface area contributed by atoms with Gasteiger partial charge in [0, 0.05) is 19.6 Å². The fraction of sp³-hybridized carbons (Fsp3) is 0.500. The predicted octanol–water partition coefficient (Wildman–Crippen LogP) is 0.729. The first kappa shape index (κ1) is 12.6. The molecule has 0 saturated carbocycles. The van der Waals surface area contributed by atoms with Crippen molar-refractivity contribution >= 4 is 11.0 Å². The van der Waals surface area contributed by atoms with Crippen LogP contribution in [0, 0.1) is 0 Å². The standard InChI is InChI=1S/C14H19N3O2/c18-12(9-16-5-7-19-8-6-16)10-17-11-15-13-3-1-2-4-14(13)17/h1-4,11-12,18H,5-10H2/t12-/m0/s1. The van der Waals surface area contributed by atoms with Crippen molar-refractivity contribution in [1.82, 2.24) is 14.5 Å². The maximum atomic E-state index is 10.2. The summed E-state index contributed by atoms with van der Waals surface area (Å²) in [5.74, 6) is 0. The average Bonchev–Trinajstić information content (AvgIpc) is 2.83. The lowest BCUT2D eigenvalue weighted by Crippen LogP contribution is -2.41. The molecule has 1 fully saturated rings. The van der Waals surface area contributed by atoms with Gasteiger partial charge in [-0.3, -0.25) is 4.90 Å². The number of hydrogen-bond donors (Lipinski definition) is 1. The van der Waals surface area contributed by atoms with E-state index in [1.165, 1.54) is 0 Å². The molecular formula is C14H19N3O2. The van der Waals surface area contributed by atoms with E-state index in [9.17, 15) is 5.11 Å². The van der Waals surface area contributed by atoms with E-state index >= 15 is 0 Å². The number of hydrogen-bond acceptors (Lipinski definition) is 4. The van der Waals surface area contributed by atoms with Crippen LogP contribution in [0.4, 0.5) is 0 Å². The maximum Gasteiger partial charge on any atom is 0.0959 e. The van der Waals surface area contributed by atoms with Crippen molar-refractivity contribution in [1.29, 1.82) is 0 Å². The Kier molecular flexibility index (Phi) is 3.77. The van der Waals surface area contributed by atoms with Gasteiger partial charge in [-0.15, -0.1) is 0 Å². The second-order valence-corrected chi connectivity index (χ2v) is 4.95. The highest BCUT2D eigenvalue weighted by Crippen LogP contribution is 2.12. The number of fused-ring (bicyclic) bond motifs is 1. The van der Waals surface area contributed by atoms with E-state index in [0.29, 0.717) is 13.1 Å². The summed E-state index contributed by atoms with van der Waals surface area (Å²) in [6.45, 7) is 4.61. The van der Waals surface area contributed by atoms with Gasteiger partial charge in [-0.25, -0.2) is 4.98 Å². The molecule has 1 aromatic carbocycles. The van der Waals surface area contributed by atoms with Crippen molar-refractivity contribution < 1.29 is 9.84 Å². The minimum atomic E-state index is -0.379. The van der Waals surface area contributed by atoms with Crippen molar-refractivity contribution in [2.45, 2.75) is 12.6 Å². The van der Waals surface area contributed by atoms with E-state index in [1.807, 2.05) is 28.8 Å². The van der Waals surface area contributed by atoms with Gasteiger partial charge in [-0.2, -0.15) is 0 Å². The number of benzene rings is 1. The highest BCUT2D eigenvalue weighted by Gasteiger charge is 2.15. The van der Waals surface area contributed by atoms with Gasteiger partial charge < -0.3 is 14.4 Å². The fourth-order valence-electron chi connectivity index (χ4n) is 2.52. The van der Waals surface area contributed by atoms with Gasteiger partial charge in [0.2, 0.25) is 0 Å². The quantitative estimate of drug-likeness (QED) is 0.881. The molecule has 0 spiro atoms. The highest BCUT2D eigenvalue weighted by molar-refractivity contribution is 5.74. The number of nitrogens with zero attached hydrogens (tertiary/aromatic N) is 3. The van der Waals surface area contributed by atoms with E-state index in [0.717, 1.165) is 37.3 Å². The van der Waals surface area contributed by atoms with Crippen LogP contribution in [-0.2, 0) is 11.3 Å². The summed E-state index contributed by atoms with van der Waals surface area (Å²) in [6.07, 6.45) is 1.42. The number of para-hydroxylation sites is 2.